The molecule has 106 valence electrons. The molecule has 0 spiro atoms. The third-order valence-electron chi connectivity index (χ3n) is 4.36. The summed E-state index contributed by atoms with van der Waals surface area (Å²) in [6, 6.07) is 8.97. The van der Waals surface area contributed by atoms with Crippen LogP contribution in [0.25, 0.3) is 0 Å². The van der Waals surface area contributed by atoms with E-state index in [1.807, 2.05) is 0 Å². The first-order chi connectivity index (χ1) is 9.42. The molecule has 1 N–H and O–H groups in total. The van der Waals surface area contributed by atoms with Crippen molar-refractivity contribution in [2.75, 3.05) is 6.54 Å². The Bertz CT molecular complexity index is 358. The Morgan fingerprint density at radius 2 is 1.74 bits per heavy atom. The van der Waals surface area contributed by atoms with Gasteiger partial charge in [-0.2, -0.15) is 0 Å². The minimum atomic E-state index is 0.751. The summed E-state index contributed by atoms with van der Waals surface area (Å²) in [4.78, 5) is 0. The summed E-state index contributed by atoms with van der Waals surface area (Å²) in [5, 5.41) is 3.56. The molecule has 1 aromatic rings. The number of unbranched alkanes of at least 4 members (excludes halogenated alkanes) is 6. The van der Waals surface area contributed by atoms with Crippen LogP contribution in [0.2, 0.25) is 0 Å². The lowest BCUT2D eigenvalue weighted by Gasteiger charge is -2.26. The molecule has 0 aliphatic carbocycles. The first-order valence-corrected chi connectivity index (χ1v) is 8.20. The van der Waals surface area contributed by atoms with Crippen LogP contribution in [0.3, 0.4) is 0 Å². The second-order valence-corrected chi connectivity index (χ2v) is 5.94. The van der Waals surface area contributed by atoms with Crippen molar-refractivity contribution in [3.8, 4) is 0 Å². The molecule has 1 aromatic carbocycles. The number of fused-ring (bicyclic) bond motifs is 1. The Morgan fingerprint density at radius 1 is 1.00 bits per heavy atom. The minimum absolute atomic E-state index is 0.751. The van der Waals surface area contributed by atoms with Crippen molar-refractivity contribution in [1.82, 2.24) is 5.32 Å². The van der Waals surface area contributed by atoms with Crippen molar-refractivity contribution in [2.45, 2.75) is 70.8 Å². The number of hydrogen-bond donors (Lipinski definition) is 1. The van der Waals surface area contributed by atoms with E-state index in [-0.39, 0.29) is 0 Å². The van der Waals surface area contributed by atoms with Crippen molar-refractivity contribution in [3.63, 3.8) is 0 Å². The van der Waals surface area contributed by atoms with Gasteiger partial charge in [-0.3, -0.25) is 0 Å². The van der Waals surface area contributed by atoms with E-state index in [1.54, 1.807) is 5.56 Å². The molecule has 0 aromatic heterocycles. The normalized spacial score (nSPS) is 18.3. The van der Waals surface area contributed by atoms with E-state index in [9.17, 15) is 0 Å². The molecule has 1 heterocycles. The number of benzene rings is 1. The first-order valence-electron chi connectivity index (χ1n) is 8.20. The number of hydrogen-bond acceptors (Lipinski definition) is 1. The molecule has 0 saturated carbocycles. The monoisotopic (exact) mass is 259 g/mol. The van der Waals surface area contributed by atoms with Crippen molar-refractivity contribution in [2.24, 2.45) is 0 Å². The number of rotatable bonds is 8. The predicted molar refractivity (Wildman–Crippen MR) is 83.5 cm³/mol. The Morgan fingerprint density at radius 3 is 2.58 bits per heavy atom. The molecule has 0 saturated heterocycles. The van der Waals surface area contributed by atoms with E-state index in [0.29, 0.717) is 0 Å². The van der Waals surface area contributed by atoms with Gasteiger partial charge >= 0.3 is 0 Å². The number of nitrogens with one attached hydrogen (secondary N) is 1. The average Bonchev–Trinajstić information content (AvgIpc) is 2.46. The fourth-order valence-electron chi connectivity index (χ4n) is 3.19. The molecular formula is C18H29N. The van der Waals surface area contributed by atoms with E-state index in [2.05, 4.69) is 36.5 Å². The summed E-state index contributed by atoms with van der Waals surface area (Å²) in [6.07, 6.45) is 11.2. The van der Waals surface area contributed by atoms with Gasteiger partial charge in [0.2, 0.25) is 0 Å². The third kappa shape index (κ3) is 4.65. The lowest BCUT2D eigenvalue weighted by molar-refractivity contribution is 0.481. The van der Waals surface area contributed by atoms with E-state index in [4.69, 9.17) is 0 Å². The molecule has 2 rings (SSSR count). The summed E-state index contributed by atoms with van der Waals surface area (Å²) in [5.41, 5.74) is 3.12. The first kappa shape index (κ1) is 14.6. The molecule has 0 bridgehead atoms. The van der Waals surface area contributed by atoms with Crippen molar-refractivity contribution in [1.29, 1.82) is 0 Å². The van der Waals surface area contributed by atoms with Gasteiger partial charge in [-0.05, 0) is 23.5 Å². The summed E-state index contributed by atoms with van der Waals surface area (Å²) >= 11 is 0. The zero-order valence-corrected chi connectivity index (χ0v) is 12.5. The molecule has 1 aliphatic heterocycles. The summed E-state index contributed by atoms with van der Waals surface area (Å²) in [5.74, 6) is 0.751. The van der Waals surface area contributed by atoms with Crippen LogP contribution in [0.1, 0.15) is 75.3 Å². The Balaban J connectivity index is 1.67. The minimum Gasteiger partial charge on any atom is -0.312 e. The van der Waals surface area contributed by atoms with Gasteiger partial charge in [-0.1, -0.05) is 76.1 Å². The molecular weight excluding hydrogens is 230 g/mol. The van der Waals surface area contributed by atoms with Crippen molar-refractivity contribution < 1.29 is 0 Å². The van der Waals surface area contributed by atoms with E-state index < -0.39 is 0 Å². The quantitative estimate of drug-likeness (QED) is 0.647. The highest BCUT2D eigenvalue weighted by molar-refractivity contribution is 5.32. The highest BCUT2D eigenvalue weighted by Crippen LogP contribution is 2.28. The van der Waals surface area contributed by atoms with Gasteiger partial charge in [0.25, 0.3) is 0 Å². The lowest BCUT2D eigenvalue weighted by atomic mass is 9.87. The third-order valence-corrected chi connectivity index (χ3v) is 4.36. The Kier molecular flexibility index (Phi) is 6.43. The van der Waals surface area contributed by atoms with Gasteiger partial charge in [0.1, 0.15) is 0 Å². The maximum atomic E-state index is 3.56. The maximum absolute atomic E-state index is 3.56. The van der Waals surface area contributed by atoms with Gasteiger partial charge in [-0.15, -0.1) is 0 Å². The second kappa shape index (κ2) is 8.37. The second-order valence-electron chi connectivity index (χ2n) is 5.94. The van der Waals surface area contributed by atoms with Crippen LogP contribution in [-0.4, -0.2) is 6.54 Å². The van der Waals surface area contributed by atoms with Gasteiger partial charge < -0.3 is 5.32 Å². The van der Waals surface area contributed by atoms with E-state index >= 15 is 0 Å². The van der Waals surface area contributed by atoms with E-state index in [0.717, 1.165) is 12.5 Å². The summed E-state index contributed by atoms with van der Waals surface area (Å²) in [7, 11) is 0. The lowest BCUT2D eigenvalue weighted by Crippen LogP contribution is -2.28. The topological polar surface area (TPSA) is 12.0 Å². The highest BCUT2D eigenvalue weighted by atomic mass is 14.9. The molecule has 1 aliphatic rings. The molecule has 19 heavy (non-hydrogen) atoms. The van der Waals surface area contributed by atoms with Crippen molar-refractivity contribution in [3.05, 3.63) is 35.4 Å². The SMILES string of the molecule is CCCCCCCCCC1CNCc2ccccc21. The Hall–Kier alpha value is -0.820. The molecule has 1 nitrogen and oxygen atoms in total. The van der Waals surface area contributed by atoms with Crippen LogP contribution >= 0.6 is 0 Å². The predicted octanol–water partition coefficient (Wildman–Crippen LogP) is 5.01. The molecule has 1 atom stereocenters. The zero-order valence-electron chi connectivity index (χ0n) is 12.5. The molecule has 0 radical (unpaired) electrons. The van der Waals surface area contributed by atoms with Gasteiger partial charge in [0.15, 0.2) is 0 Å². The fraction of sp³-hybridized carbons (Fsp3) is 0.667. The van der Waals surface area contributed by atoms with Gasteiger partial charge in [0.05, 0.1) is 0 Å². The van der Waals surface area contributed by atoms with Crippen LogP contribution < -0.4 is 5.32 Å². The average molecular weight is 259 g/mol. The Labute approximate surface area is 118 Å². The largest absolute Gasteiger partial charge is 0.312 e. The maximum Gasteiger partial charge on any atom is 0.0208 e. The van der Waals surface area contributed by atoms with Crippen LogP contribution in [-0.2, 0) is 6.54 Å². The molecule has 0 fully saturated rings. The molecule has 0 amide bonds. The van der Waals surface area contributed by atoms with E-state index in [1.165, 1.54) is 63.5 Å². The summed E-state index contributed by atoms with van der Waals surface area (Å²) in [6.45, 7) is 4.52. The summed E-state index contributed by atoms with van der Waals surface area (Å²) < 4.78 is 0. The van der Waals surface area contributed by atoms with Gasteiger partial charge in [-0.25, -0.2) is 0 Å². The van der Waals surface area contributed by atoms with Crippen LogP contribution in [0, 0.1) is 0 Å². The fourth-order valence-corrected chi connectivity index (χ4v) is 3.19. The van der Waals surface area contributed by atoms with Gasteiger partial charge in [0, 0.05) is 13.1 Å². The van der Waals surface area contributed by atoms with Crippen LogP contribution in [0.4, 0.5) is 0 Å². The zero-order chi connectivity index (χ0) is 13.3. The standard InChI is InChI=1S/C18H29N/c1-2-3-4-5-6-7-8-11-16-14-19-15-17-12-9-10-13-18(16)17/h9-10,12-13,16,19H,2-8,11,14-15H2,1H3. The van der Waals surface area contributed by atoms with Crippen LogP contribution in [0.5, 0.6) is 0 Å². The van der Waals surface area contributed by atoms with Crippen molar-refractivity contribution >= 4 is 0 Å². The molecule has 1 heteroatoms. The molecule has 1 unspecified atom stereocenters. The van der Waals surface area contributed by atoms with Crippen LogP contribution in [0.15, 0.2) is 24.3 Å². The smallest absolute Gasteiger partial charge is 0.0208 e. The highest BCUT2D eigenvalue weighted by Gasteiger charge is 2.18.